The molecule has 7 heteroatoms. The highest BCUT2D eigenvalue weighted by atomic mass is 16.6. The van der Waals surface area contributed by atoms with Gasteiger partial charge in [-0.25, -0.2) is 4.79 Å². The van der Waals surface area contributed by atoms with Crippen LogP contribution in [0, 0.1) is 0 Å². The third-order valence-corrected chi connectivity index (χ3v) is 4.27. The summed E-state index contributed by atoms with van der Waals surface area (Å²) in [6.07, 6.45) is 0. The second-order valence-electron chi connectivity index (χ2n) is 6.06. The minimum absolute atomic E-state index is 0.100. The molecule has 0 fully saturated rings. The molecule has 0 saturated heterocycles. The van der Waals surface area contributed by atoms with Crippen LogP contribution in [0.4, 0.5) is 5.69 Å². The number of hydrogen-bond acceptors (Lipinski definition) is 6. The van der Waals surface area contributed by atoms with Gasteiger partial charge in [-0.2, -0.15) is 0 Å². The van der Waals surface area contributed by atoms with Crippen molar-refractivity contribution in [3.05, 3.63) is 53.6 Å². The van der Waals surface area contributed by atoms with Gasteiger partial charge in [0.1, 0.15) is 11.5 Å². The molecule has 7 nitrogen and oxygen atoms in total. The maximum absolute atomic E-state index is 12.2. The molecule has 0 saturated carbocycles. The van der Waals surface area contributed by atoms with E-state index >= 15 is 0 Å². The normalized spacial score (nSPS) is 14.9. The van der Waals surface area contributed by atoms with Crippen molar-refractivity contribution in [3.8, 4) is 11.5 Å². The second kappa shape index (κ2) is 7.90. The van der Waals surface area contributed by atoms with Gasteiger partial charge in [-0.1, -0.05) is 0 Å². The third kappa shape index (κ3) is 4.25. The zero-order chi connectivity index (χ0) is 19.4. The van der Waals surface area contributed by atoms with Gasteiger partial charge >= 0.3 is 5.97 Å². The number of rotatable bonds is 7. The van der Waals surface area contributed by atoms with Crippen LogP contribution in [-0.4, -0.2) is 38.0 Å². The average molecular weight is 369 g/mol. The Morgan fingerprint density at radius 3 is 2.44 bits per heavy atom. The van der Waals surface area contributed by atoms with E-state index in [2.05, 4.69) is 5.32 Å². The molecule has 1 aliphatic heterocycles. The Balaban J connectivity index is 1.50. The van der Waals surface area contributed by atoms with E-state index in [-0.39, 0.29) is 30.8 Å². The van der Waals surface area contributed by atoms with Crippen LogP contribution in [0.15, 0.2) is 42.5 Å². The van der Waals surface area contributed by atoms with Gasteiger partial charge < -0.3 is 19.5 Å². The van der Waals surface area contributed by atoms with Crippen LogP contribution < -0.4 is 14.8 Å². The summed E-state index contributed by atoms with van der Waals surface area (Å²) in [4.78, 5) is 35.7. The lowest BCUT2D eigenvalue weighted by Gasteiger charge is -2.08. The molecule has 0 spiro atoms. The number of ketones is 1. The summed E-state index contributed by atoms with van der Waals surface area (Å²) >= 11 is 0. The fraction of sp³-hybridized carbons (Fsp3) is 0.250. The summed E-state index contributed by atoms with van der Waals surface area (Å²) in [7, 11) is 1.56. The first-order chi connectivity index (χ1) is 13.0. The molecule has 0 radical (unpaired) electrons. The lowest BCUT2D eigenvalue weighted by atomic mass is 9.99. The first-order valence-corrected chi connectivity index (χ1v) is 8.38. The van der Waals surface area contributed by atoms with E-state index in [4.69, 9.17) is 14.2 Å². The van der Waals surface area contributed by atoms with Crippen molar-refractivity contribution in [2.45, 2.75) is 12.8 Å². The van der Waals surface area contributed by atoms with Gasteiger partial charge in [-0.15, -0.1) is 0 Å². The summed E-state index contributed by atoms with van der Waals surface area (Å²) in [5.74, 6) is -0.238. The third-order valence-electron chi connectivity index (χ3n) is 4.27. The predicted molar refractivity (Wildman–Crippen MR) is 97.3 cm³/mol. The fourth-order valence-electron chi connectivity index (χ4n) is 2.68. The monoisotopic (exact) mass is 369 g/mol. The molecule has 2 aromatic rings. The van der Waals surface area contributed by atoms with Crippen LogP contribution in [0.25, 0.3) is 0 Å². The Hall–Kier alpha value is -3.35. The SMILES string of the molecule is COc1ccc(OCC(=O)OCC(=O)c2ccc3c(c2)[C@@H](C)C(=O)N3)cc1. The van der Waals surface area contributed by atoms with E-state index in [0.717, 1.165) is 5.56 Å². The highest BCUT2D eigenvalue weighted by Crippen LogP contribution is 2.32. The Kier molecular flexibility index (Phi) is 5.40. The maximum atomic E-state index is 12.2. The number of esters is 1. The zero-order valence-electron chi connectivity index (χ0n) is 15.0. The van der Waals surface area contributed by atoms with Crippen molar-refractivity contribution in [2.24, 2.45) is 0 Å². The van der Waals surface area contributed by atoms with Crippen molar-refractivity contribution in [2.75, 3.05) is 25.6 Å². The van der Waals surface area contributed by atoms with Crippen LogP contribution in [0.5, 0.6) is 11.5 Å². The summed E-state index contributed by atoms with van der Waals surface area (Å²) in [5.41, 5.74) is 1.86. The zero-order valence-corrected chi connectivity index (χ0v) is 15.0. The Labute approximate surface area is 156 Å². The smallest absolute Gasteiger partial charge is 0.344 e. The molecular formula is C20H19NO6. The lowest BCUT2D eigenvalue weighted by molar-refractivity contribution is -0.144. The molecule has 27 heavy (non-hydrogen) atoms. The highest BCUT2D eigenvalue weighted by molar-refractivity contribution is 6.05. The molecule has 3 rings (SSSR count). The molecule has 1 heterocycles. The number of benzene rings is 2. The first kappa shape index (κ1) is 18.4. The minimum Gasteiger partial charge on any atom is -0.497 e. The lowest BCUT2D eigenvalue weighted by Crippen LogP contribution is -2.19. The number of amides is 1. The van der Waals surface area contributed by atoms with E-state index in [1.165, 1.54) is 0 Å². The Morgan fingerprint density at radius 2 is 1.74 bits per heavy atom. The summed E-state index contributed by atoms with van der Waals surface area (Å²) in [5, 5.41) is 2.74. The molecule has 0 unspecified atom stereocenters. The van der Waals surface area contributed by atoms with Crippen LogP contribution in [0.3, 0.4) is 0 Å². The number of hydrogen-bond donors (Lipinski definition) is 1. The van der Waals surface area contributed by atoms with Crippen molar-refractivity contribution in [3.63, 3.8) is 0 Å². The van der Waals surface area contributed by atoms with Gasteiger partial charge in [-0.3, -0.25) is 9.59 Å². The van der Waals surface area contributed by atoms with Gasteiger partial charge in [-0.05, 0) is 55.0 Å². The molecular weight excluding hydrogens is 350 g/mol. The van der Waals surface area contributed by atoms with Crippen molar-refractivity contribution in [1.82, 2.24) is 0 Å². The van der Waals surface area contributed by atoms with Gasteiger partial charge in [0.25, 0.3) is 0 Å². The number of ether oxygens (including phenoxy) is 3. The van der Waals surface area contributed by atoms with Crippen LogP contribution >= 0.6 is 0 Å². The number of anilines is 1. The maximum Gasteiger partial charge on any atom is 0.344 e. The van der Waals surface area contributed by atoms with Crippen molar-refractivity contribution < 1.29 is 28.6 Å². The molecule has 140 valence electrons. The van der Waals surface area contributed by atoms with Crippen molar-refractivity contribution >= 4 is 23.3 Å². The second-order valence-corrected chi connectivity index (χ2v) is 6.06. The topological polar surface area (TPSA) is 90.9 Å². The summed E-state index contributed by atoms with van der Waals surface area (Å²) < 4.78 is 15.3. The van der Waals surface area contributed by atoms with Gasteiger partial charge in [0.2, 0.25) is 5.91 Å². The van der Waals surface area contributed by atoms with E-state index in [1.54, 1.807) is 56.5 Å². The first-order valence-electron chi connectivity index (χ1n) is 8.38. The van der Waals surface area contributed by atoms with E-state index < -0.39 is 5.97 Å². The fourth-order valence-corrected chi connectivity index (χ4v) is 2.68. The van der Waals surface area contributed by atoms with Gasteiger partial charge in [0.15, 0.2) is 19.0 Å². The predicted octanol–water partition coefficient (Wildman–Crippen LogP) is 2.56. The quantitative estimate of drug-likeness (QED) is 0.596. The molecule has 1 aliphatic rings. The molecule has 0 aromatic heterocycles. The molecule has 0 bridgehead atoms. The number of nitrogens with one attached hydrogen (secondary N) is 1. The number of methoxy groups -OCH3 is 1. The average Bonchev–Trinajstić information content (AvgIpc) is 2.98. The number of carbonyl (C=O) groups is 3. The number of carbonyl (C=O) groups excluding carboxylic acids is 3. The molecule has 1 N–H and O–H groups in total. The van der Waals surface area contributed by atoms with E-state index in [1.807, 2.05) is 0 Å². The van der Waals surface area contributed by atoms with Crippen LogP contribution in [-0.2, 0) is 14.3 Å². The molecule has 0 aliphatic carbocycles. The largest absolute Gasteiger partial charge is 0.497 e. The van der Waals surface area contributed by atoms with Crippen molar-refractivity contribution in [1.29, 1.82) is 0 Å². The molecule has 1 amide bonds. The van der Waals surface area contributed by atoms with Gasteiger partial charge in [0, 0.05) is 11.3 Å². The summed E-state index contributed by atoms with van der Waals surface area (Å²) in [6.45, 7) is 1.07. The minimum atomic E-state index is -0.648. The Morgan fingerprint density at radius 1 is 1.04 bits per heavy atom. The standard InChI is InChI=1S/C20H19NO6/c1-12-16-9-13(3-8-17(16)21-20(12)24)18(22)10-27-19(23)11-26-15-6-4-14(25-2)5-7-15/h3-9,12H,10-11H2,1-2H3,(H,21,24)/t12-/m1/s1. The van der Waals surface area contributed by atoms with Gasteiger partial charge in [0.05, 0.1) is 13.0 Å². The Bertz CT molecular complexity index is 875. The van der Waals surface area contributed by atoms with E-state index in [9.17, 15) is 14.4 Å². The summed E-state index contributed by atoms with van der Waals surface area (Å²) in [6, 6.07) is 11.7. The number of fused-ring (bicyclic) bond motifs is 1. The highest BCUT2D eigenvalue weighted by Gasteiger charge is 2.27. The van der Waals surface area contributed by atoms with Crippen LogP contribution in [0.1, 0.15) is 28.8 Å². The van der Waals surface area contributed by atoms with Crippen LogP contribution in [0.2, 0.25) is 0 Å². The number of Topliss-reactive ketones (excluding diaryl/α,β-unsaturated/α-hetero) is 1. The van der Waals surface area contributed by atoms with E-state index in [0.29, 0.717) is 22.7 Å². The molecule has 1 atom stereocenters. The molecule has 2 aromatic carbocycles.